The molecule has 0 radical (unpaired) electrons. The number of nitrogens with one attached hydrogen (secondary N) is 2. The lowest BCUT2D eigenvalue weighted by molar-refractivity contribution is -0.125. The summed E-state index contributed by atoms with van der Waals surface area (Å²) in [6.07, 6.45) is 0.606. The lowest BCUT2D eigenvalue weighted by atomic mass is 10.2. The van der Waals surface area contributed by atoms with Gasteiger partial charge in [-0.1, -0.05) is 17.7 Å². The molecule has 2 amide bonds. The second-order valence-corrected chi connectivity index (χ2v) is 7.08. The van der Waals surface area contributed by atoms with Gasteiger partial charge in [0, 0.05) is 36.9 Å². The highest BCUT2D eigenvalue weighted by Crippen LogP contribution is 2.39. The molecule has 136 valence electrons. The van der Waals surface area contributed by atoms with Crippen molar-refractivity contribution in [3.8, 4) is 0 Å². The number of hydrogen-bond acceptors (Lipinski definition) is 4. The van der Waals surface area contributed by atoms with E-state index in [1.165, 1.54) is 0 Å². The predicted octanol–water partition coefficient (Wildman–Crippen LogP) is 1.67. The fourth-order valence-electron chi connectivity index (χ4n) is 3.02. The molecule has 1 saturated carbocycles. The molecule has 2 aliphatic rings. The summed E-state index contributed by atoms with van der Waals surface area (Å²) in [5, 5.41) is 6.40. The van der Waals surface area contributed by atoms with Gasteiger partial charge >= 0.3 is 0 Å². The molecule has 1 aliphatic carbocycles. The van der Waals surface area contributed by atoms with Crippen molar-refractivity contribution < 1.29 is 14.3 Å². The van der Waals surface area contributed by atoms with Gasteiger partial charge in [-0.3, -0.25) is 14.5 Å². The van der Waals surface area contributed by atoms with Gasteiger partial charge in [0.25, 0.3) is 0 Å². The number of ether oxygens (including phenoxy) is 1. The molecular formula is C18H24ClN3O3. The summed E-state index contributed by atoms with van der Waals surface area (Å²) in [6, 6.07) is 5.38. The summed E-state index contributed by atoms with van der Waals surface area (Å²) in [5.41, 5.74) is 1.65. The molecule has 0 aromatic heterocycles. The van der Waals surface area contributed by atoms with Gasteiger partial charge in [0.1, 0.15) is 0 Å². The number of morpholine rings is 1. The molecule has 2 atom stereocenters. The molecule has 1 aliphatic heterocycles. The Morgan fingerprint density at radius 2 is 1.96 bits per heavy atom. The van der Waals surface area contributed by atoms with Gasteiger partial charge in [-0.2, -0.15) is 0 Å². The first kappa shape index (κ1) is 18.2. The summed E-state index contributed by atoms with van der Waals surface area (Å²) in [6.45, 7) is 6.65. The summed E-state index contributed by atoms with van der Waals surface area (Å²) < 4.78 is 5.30. The van der Waals surface area contributed by atoms with Crippen LogP contribution in [0.2, 0.25) is 5.02 Å². The van der Waals surface area contributed by atoms with E-state index in [4.69, 9.17) is 16.3 Å². The minimum atomic E-state index is -0.248. The van der Waals surface area contributed by atoms with Crippen LogP contribution in [0.1, 0.15) is 12.0 Å². The summed E-state index contributed by atoms with van der Waals surface area (Å²) in [4.78, 5) is 26.8. The highest BCUT2D eigenvalue weighted by atomic mass is 35.5. The van der Waals surface area contributed by atoms with E-state index < -0.39 is 0 Å². The van der Waals surface area contributed by atoms with Crippen molar-refractivity contribution in [1.82, 2.24) is 10.2 Å². The number of carbonyl (C=O) groups excluding carboxylic acids is 2. The largest absolute Gasteiger partial charge is 0.379 e. The number of halogens is 1. The Kier molecular flexibility index (Phi) is 5.93. The van der Waals surface area contributed by atoms with Crippen LogP contribution in [-0.2, 0) is 14.3 Å². The van der Waals surface area contributed by atoms with Crippen molar-refractivity contribution >= 4 is 29.1 Å². The second-order valence-electron chi connectivity index (χ2n) is 6.64. The van der Waals surface area contributed by atoms with E-state index in [0.717, 1.165) is 38.4 Å². The molecule has 3 rings (SSSR count). The van der Waals surface area contributed by atoms with E-state index in [2.05, 4.69) is 15.5 Å². The van der Waals surface area contributed by atoms with Crippen molar-refractivity contribution in [3.05, 3.63) is 28.8 Å². The predicted molar refractivity (Wildman–Crippen MR) is 96.7 cm³/mol. The van der Waals surface area contributed by atoms with E-state index in [0.29, 0.717) is 23.7 Å². The minimum absolute atomic E-state index is 0.0313. The van der Waals surface area contributed by atoms with Gasteiger partial charge in [-0.05, 0) is 31.0 Å². The number of aryl methyl sites for hydroxylation is 1. The topological polar surface area (TPSA) is 70.7 Å². The van der Waals surface area contributed by atoms with Crippen LogP contribution in [0.15, 0.2) is 18.2 Å². The Hall–Kier alpha value is -1.63. The van der Waals surface area contributed by atoms with E-state index >= 15 is 0 Å². The molecule has 1 heterocycles. The molecule has 2 N–H and O–H groups in total. The number of anilines is 1. The van der Waals surface area contributed by atoms with Gasteiger partial charge in [0.05, 0.1) is 25.0 Å². The fourth-order valence-corrected chi connectivity index (χ4v) is 3.19. The first-order valence-electron chi connectivity index (χ1n) is 8.69. The number of rotatable bonds is 6. The molecule has 1 saturated heterocycles. The molecule has 0 bridgehead atoms. The van der Waals surface area contributed by atoms with Gasteiger partial charge in [-0.15, -0.1) is 0 Å². The maximum absolute atomic E-state index is 12.3. The van der Waals surface area contributed by atoms with Gasteiger partial charge in [0.15, 0.2) is 0 Å². The first-order valence-corrected chi connectivity index (χ1v) is 9.07. The van der Waals surface area contributed by atoms with Crippen molar-refractivity contribution in [3.63, 3.8) is 0 Å². The number of hydrogen-bond donors (Lipinski definition) is 2. The third-order valence-electron chi connectivity index (χ3n) is 4.75. The quantitative estimate of drug-likeness (QED) is 0.804. The van der Waals surface area contributed by atoms with Crippen LogP contribution in [0.4, 0.5) is 5.69 Å². The molecule has 25 heavy (non-hydrogen) atoms. The normalized spacial score (nSPS) is 23.1. The first-order chi connectivity index (χ1) is 12.0. The van der Waals surface area contributed by atoms with Crippen molar-refractivity contribution in [2.45, 2.75) is 13.3 Å². The van der Waals surface area contributed by atoms with Gasteiger partial charge in [0.2, 0.25) is 11.8 Å². The SMILES string of the molecule is Cc1ccc(Cl)cc1NC(=O)C1CC1C(=O)NCCN1CCOCC1. The van der Waals surface area contributed by atoms with Crippen molar-refractivity contribution in [2.24, 2.45) is 11.8 Å². The van der Waals surface area contributed by atoms with Crippen LogP contribution in [0.5, 0.6) is 0 Å². The minimum Gasteiger partial charge on any atom is -0.379 e. The van der Waals surface area contributed by atoms with E-state index in [1.54, 1.807) is 12.1 Å². The third-order valence-corrected chi connectivity index (χ3v) is 4.99. The second kappa shape index (κ2) is 8.17. The lowest BCUT2D eigenvalue weighted by Gasteiger charge is -2.26. The zero-order valence-electron chi connectivity index (χ0n) is 14.4. The van der Waals surface area contributed by atoms with Gasteiger partial charge < -0.3 is 15.4 Å². The van der Waals surface area contributed by atoms with E-state index in [-0.39, 0.29) is 23.7 Å². The zero-order chi connectivity index (χ0) is 17.8. The molecule has 1 aromatic rings. The zero-order valence-corrected chi connectivity index (χ0v) is 15.1. The van der Waals surface area contributed by atoms with Crippen LogP contribution in [-0.4, -0.2) is 56.1 Å². The molecule has 1 aromatic carbocycles. The summed E-state index contributed by atoms with van der Waals surface area (Å²) >= 11 is 5.97. The maximum Gasteiger partial charge on any atom is 0.228 e. The molecule has 2 unspecified atom stereocenters. The highest BCUT2D eigenvalue weighted by molar-refractivity contribution is 6.31. The molecule has 6 nitrogen and oxygen atoms in total. The van der Waals surface area contributed by atoms with E-state index in [1.807, 2.05) is 13.0 Å². The maximum atomic E-state index is 12.3. The van der Waals surface area contributed by atoms with Crippen LogP contribution < -0.4 is 10.6 Å². The molecule has 2 fully saturated rings. The standard InChI is InChI=1S/C18H24ClN3O3/c1-12-2-3-13(19)10-16(12)21-18(24)15-11-14(15)17(23)20-4-5-22-6-8-25-9-7-22/h2-3,10,14-15H,4-9,11H2,1H3,(H,20,23)(H,21,24). The average Bonchev–Trinajstić information content (AvgIpc) is 3.40. The number of amides is 2. The monoisotopic (exact) mass is 365 g/mol. The third kappa shape index (κ3) is 4.93. The van der Waals surface area contributed by atoms with Crippen LogP contribution >= 0.6 is 11.6 Å². The fraction of sp³-hybridized carbons (Fsp3) is 0.556. The average molecular weight is 366 g/mol. The Morgan fingerprint density at radius 3 is 2.72 bits per heavy atom. The lowest BCUT2D eigenvalue weighted by Crippen LogP contribution is -2.41. The van der Waals surface area contributed by atoms with Crippen LogP contribution in [0.3, 0.4) is 0 Å². The Labute approximate surface area is 152 Å². The summed E-state index contributed by atoms with van der Waals surface area (Å²) in [5.74, 6) is -0.610. The molecule has 0 spiro atoms. The van der Waals surface area contributed by atoms with Crippen LogP contribution in [0.25, 0.3) is 0 Å². The molecular weight excluding hydrogens is 342 g/mol. The summed E-state index contributed by atoms with van der Waals surface area (Å²) in [7, 11) is 0. The molecule has 7 heteroatoms. The van der Waals surface area contributed by atoms with Crippen LogP contribution in [0, 0.1) is 18.8 Å². The van der Waals surface area contributed by atoms with E-state index in [9.17, 15) is 9.59 Å². The van der Waals surface area contributed by atoms with Gasteiger partial charge in [-0.25, -0.2) is 0 Å². The van der Waals surface area contributed by atoms with Crippen molar-refractivity contribution in [2.75, 3.05) is 44.7 Å². The Morgan fingerprint density at radius 1 is 1.24 bits per heavy atom. The number of benzene rings is 1. The Bertz CT molecular complexity index is 646. The smallest absolute Gasteiger partial charge is 0.228 e. The number of nitrogens with zero attached hydrogens (tertiary/aromatic N) is 1. The highest BCUT2D eigenvalue weighted by Gasteiger charge is 2.47. The Balaban J connectivity index is 1.41. The van der Waals surface area contributed by atoms with Crippen molar-refractivity contribution in [1.29, 1.82) is 0 Å². The number of carbonyl (C=O) groups is 2.